The number of nitrogens with zero attached hydrogens (tertiary/aromatic N) is 2. The van der Waals surface area contributed by atoms with Gasteiger partial charge < -0.3 is 15.5 Å². The summed E-state index contributed by atoms with van der Waals surface area (Å²) in [6.07, 6.45) is 2.06. The molecule has 1 amide bonds. The Bertz CT molecular complexity index is 510. The lowest BCUT2D eigenvalue weighted by atomic mass is 9.96. The van der Waals surface area contributed by atoms with Crippen LogP contribution < -0.4 is 5.73 Å². The molecule has 1 aromatic rings. The molecule has 0 bridgehead atoms. The average Bonchev–Trinajstić information content (AvgIpc) is 2.43. The summed E-state index contributed by atoms with van der Waals surface area (Å²) in [5.41, 5.74) is 8.15. The van der Waals surface area contributed by atoms with E-state index in [-0.39, 0.29) is 30.7 Å². The van der Waals surface area contributed by atoms with Gasteiger partial charge in [-0.1, -0.05) is 6.07 Å². The van der Waals surface area contributed by atoms with E-state index in [1.165, 1.54) is 0 Å². The third-order valence-electron chi connectivity index (χ3n) is 4.54. The summed E-state index contributed by atoms with van der Waals surface area (Å²) in [6, 6.07) is 6.37. The fourth-order valence-corrected chi connectivity index (χ4v) is 2.84. The molecule has 0 spiro atoms. The molecule has 0 saturated carbocycles. The van der Waals surface area contributed by atoms with Gasteiger partial charge in [-0.25, -0.2) is 0 Å². The number of anilines is 1. The Morgan fingerprint density at radius 2 is 2.00 bits per heavy atom. The van der Waals surface area contributed by atoms with Crippen molar-refractivity contribution in [3.8, 4) is 0 Å². The summed E-state index contributed by atoms with van der Waals surface area (Å²) in [5, 5.41) is 0. The van der Waals surface area contributed by atoms with Crippen LogP contribution in [0.3, 0.4) is 0 Å². The van der Waals surface area contributed by atoms with Gasteiger partial charge in [-0.05, 0) is 51.4 Å². The minimum absolute atomic E-state index is 0. The summed E-state index contributed by atoms with van der Waals surface area (Å²) >= 11 is 0. The van der Waals surface area contributed by atoms with Gasteiger partial charge in [0, 0.05) is 36.9 Å². The van der Waals surface area contributed by atoms with Crippen molar-refractivity contribution in [1.82, 2.24) is 9.80 Å². The summed E-state index contributed by atoms with van der Waals surface area (Å²) in [4.78, 5) is 16.9. The van der Waals surface area contributed by atoms with Gasteiger partial charge in [0.2, 0.25) is 0 Å². The lowest BCUT2D eigenvalue weighted by molar-refractivity contribution is 0.0598. The van der Waals surface area contributed by atoms with E-state index in [4.69, 9.17) is 5.73 Å². The quantitative estimate of drug-likeness (QED) is 0.836. The summed E-state index contributed by atoms with van der Waals surface area (Å²) in [6.45, 7) is 5.22. The average molecular weight is 348 g/mol. The third-order valence-corrected chi connectivity index (χ3v) is 4.54. The number of nitrogen functional groups attached to an aromatic ring is 1. The van der Waals surface area contributed by atoms with Crippen LogP contribution in [0, 0.1) is 6.92 Å². The third kappa shape index (κ3) is 4.51. The summed E-state index contributed by atoms with van der Waals surface area (Å²) in [5.74, 6) is 0.0801. The molecule has 22 heavy (non-hydrogen) atoms. The maximum Gasteiger partial charge on any atom is 0.254 e. The monoisotopic (exact) mass is 347 g/mol. The maximum absolute atomic E-state index is 12.7. The molecule has 1 fully saturated rings. The van der Waals surface area contributed by atoms with Gasteiger partial charge in [0.25, 0.3) is 5.91 Å². The Hall–Kier alpha value is -0.970. The number of carbonyl (C=O) groups is 1. The first-order valence-electron chi connectivity index (χ1n) is 7.23. The SMILES string of the molecule is Cc1ccc(N)cc1C(=O)N(C)C1CCN(C)C(C)C1.Cl.Cl. The number of piperidine rings is 1. The second kappa shape index (κ2) is 8.61. The summed E-state index contributed by atoms with van der Waals surface area (Å²) < 4.78 is 0. The van der Waals surface area contributed by atoms with Crippen molar-refractivity contribution >= 4 is 36.4 Å². The number of carbonyl (C=O) groups excluding carboxylic acids is 1. The van der Waals surface area contributed by atoms with E-state index >= 15 is 0 Å². The number of benzene rings is 1. The minimum atomic E-state index is 0. The molecule has 0 aromatic heterocycles. The predicted octanol–water partition coefficient (Wildman–Crippen LogP) is 2.98. The molecule has 126 valence electrons. The van der Waals surface area contributed by atoms with Crippen LogP contribution in [0.2, 0.25) is 0 Å². The molecule has 4 nitrogen and oxygen atoms in total. The smallest absolute Gasteiger partial charge is 0.254 e. The standard InChI is InChI=1S/C16H25N3O.2ClH/c1-11-5-6-13(17)10-15(11)16(20)19(4)14-7-8-18(3)12(2)9-14;;/h5-6,10,12,14H,7-9,17H2,1-4H3;2*1H. The largest absolute Gasteiger partial charge is 0.399 e. The highest BCUT2D eigenvalue weighted by molar-refractivity contribution is 5.96. The lowest BCUT2D eigenvalue weighted by Gasteiger charge is -2.39. The molecule has 2 unspecified atom stereocenters. The number of likely N-dealkylation sites (tertiary alicyclic amines) is 1. The van der Waals surface area contributed by atoms with E-state index in [2.05, 4.69) is 18.9 Å². The highest BCUT2D eigenvalue weighted by atomic mass is 35.5. The Kier molecular flexibility index (Phi) is 8.23. The van der Waals surface area contributed by atoms with Crippen LogP contribution in [0.15, 0.2) is 18.2 Å². The fraction of sp³-hybridized carbons (Fsp3) is 0.562. The molecule has 1 aromatic carbocycles. The van der Waals surface area contributed by atoms with Crippen LogP contribution >= 0.6 is 24.8 Å². The number of aryl methyl sites for hydroxylation is 1. The zero-order chi connectivity index (χ0) is 14.9. The number of hydrogen-bond donors (Lipinski definition) is 1. The molecule has 0 aliphatic carbocycles. The predicted molar refractivity (Wildman–Crippen MR) is 97.3 cm³/mol. The topological polar surface area (TPSA) is 49.6 Å². The van der Waals surface area contributed by atoms with Crippen LogP contribution in [-0.4, -0.2) is 48.4 Å². The minimum Gasteiger partial charge on any atom is -0.399 e. The number of rotatable bonds is 2. The molecule has 2 N–H and O–H groups in total. The normalized spacial score (nSPS) is 21.5. The second-order valence-electron chi connectivity index (χ2n) is 6.00. The summed E-state index contributed by atoms with van der Waals surface area (Å²) in [7, 11) is 4.05. The van der Waals surface area contributed by atoms with Crippen molar-refractivity contribution in [2.75, 3.05) is 26.4 Å². The van der Waals surface area contributed by atoms with Crippen LogP contribution in [0.25, 0.3) is 0 Å². The second-order valence-corrected chi connectivity index (χ2v) is 6.00. The van der Waals surface area contributed by atoms with Crippen molar-refractivity contribution in [2.24, 2.45) is 0 Å². The molecule has 0 radical (unpaired) electrons. The Balaban J connectivity index is 0.00000220. The molecule has 2 atom stereocenters. The number of amides is 1. The first kappa shape index (κ1) is 21.0. The molecule has 1 aliphatic heterocycles. The molecule has 1 heterocycles. The van der Waals surface area contributed by atoms with E-state index in [0.717, 1.165) is 30.5 Å². The highest BCUT2D eigenvalue weighted by Gasteiger charge is 2.28. The molecule has 6 heteroatoms. The van der Waals surface area contributed by atoms with Crippen LogP contribution in [0.5, 0.6) is 0 Å². The Morgan fingerprint density at radius 3 is 2.59 bits per heavy atom. The van der Waals surface area contributed by atoms with Crippen molar-refractivity contribution in [1.29, 1.82) is 0 Å². The van der Waals surface area contributed by atoms with Crippen molar-refractivity contribution in [3.05, 3.63) is 29.3 Å². The van der Waals surface area contributed by atoms with Crippen molar-refractivity contribution in [3.63, 3.8) is 0 Å². The molecule has 1 saturated heterocycles. The van der Waals surface area contributed by atoms with E-state index in [9.17, 15) is 4.79 Å². The van der Waals surface area contributed by atoms with Gasteiger partial charge in [-0.2, -0.15) is 0 Å². The van der Waals surface area contributed by atoms with Crippen LogP contribution in [0.1, 0.15) is 35.7 Å². The number of nitrogens with two attached hydrogens (primary N) is 1. The zero-order valence-corrected chi connectivity index (χ0v) is 15.3. The number of hydrogen-bond acceptors (Lipinski definition) is 3. The van der Waals surface area contributed by atoms with E-state index < -0.39 is 0 Å². The first-order chi connectivity index (χ1) is 9.40. The Morgan fingerprint density at radius 1 is 1.36 bits per heavy atom. The van der Waals surface area contributed by atoms with Gasteiger partial charge in [-0.15, -0.1) is 24.8 Å². The van der Waals surface area contributed by atoms with E-state index in [1.807, 2.05) is 31.0 Å². The molecular weight excluding hydrogens is 321 g/mol. The van der Waals surface area contributed by atoms with Gasteiger partial charge in [0.05, 0.1) is 0 Å². The van der Waals surface area contributed by atoms with Crippen LogP contribution in [-0.2, 0) is 0 Å². The van der Waals surface area contributed by atoms with Gasteiger partial charge in [0.15, 0.2) is 0 Å². The highest BCUT2D eigenvalue weighted by Crippen LogP contribution is 2.22. The number of halogens is 2. The first-order valence-corrected chi connectivity index (χ1v) is 7.23. The van der Waals surface area contributed by atoms with Gasteiger partial charge in [0.1, 0.15) is 0 Å². The fourth-order valence-electron chi connectivity index (χ4n) is 2.84. The molecular formula is C16H27Cl2N3O. The van der Waals surface area contributed by atoms with Gasteiger partial charge >= 0.3 is 0 Å². The maximum atomic E-state index is 12.7. The van der Waals surface area contributed by atoms with Gasteiger partial charge in [-0.3, -0.25) is 4.79 Å². The lowest BCUT2D eigenvalue weighted by Crippen LogP contribution is -2.48. The van der Waals surface area contributed by atoms with Crippen molar-refractivity contribution in [2.45, 2.75) is 38.8 Å². The van der Waals surface area contributed by atoms with Crippen molar-refractivity contribution < 1.29 is 4.79 Å². The zero-order valence-electron chi connectivity index (χ0n) is 13.7. The Labute approximate surface area is 145 Å². The molecule has 1 aliphatic rings. The molecule has 2 rings (SSSR count). The van der Waals surface area contributed by atoms with Crippen LogP contribution in [0.4, 0.5) is 5.69 Å². The van der Waals surface area contributed by atoms with E-state index in [0.29, 0.717) is 17.8 Å². The van der Waals surface area contributed by atoms with E-state index in [1.54, 1.807) is 6.07 Å².